The Bertz CT molecular complexity index is 405. The summed E-state index contributed by atoms with van der Waals surface area (Å²) in [7, 11) is 0. The van der Waals surface area contributed by atoms with E-state index in [1.165, 1.54) is 16.8 Å². The molecular weight excluding hydrogens is 265 g/mol. The lowest BCUT2D eigenvalue weighted by molar-refractivity contribution is 0.0358. The molecule has 2 rings (SSSR count). The predicted octanol–water partition coefficient (Wildman–Crippen LogP) is 0.651. The van der Waals surface area contributed by atoms with Crippen LogP contribution in [-0.2, 0) is 11.3 Å². The number of rotatable bonds is 3. The minimum Gasteiger partial charge on any atom is -0.379 e. The quantitative estimate of drug-likeness (QED) is 0.815. The topological polar surface area (TPSA) is 47.4 Å². The van der Waals surface area contributed by atoms with Crippen LogP contribution in [0.4, 0.5) is 0 Å². The van der Waals surface area contributed by atoms with Crippen LogP contribution in [0.25, 0.3) is 0 Å². The molecule has 1 aliphatic rings. The standard InChI is InChI=1S/C10H14ClN3O2.ClH/c11-9-1-2-10(15)14(12-9)4-3-13-5-7-16-8-6-13;/h1-2H,3-8H2;1H. The van der Waals surface area contributed by atoms with Gasteiger partial charge in [-0.3, -0.25) is 9.69 Å². The van der Waals surface area contributed by atoms with Gasteiger partial charge in [0, 0.05) is 25.7 Å². The van der Waals surface area contributed by atoms with Crippen molar-refractivity contribution >= 4 is 24.0 Å². The van der Waals surface area contributed by atoms with Gasteiger partial charge >= 0.3 is 0 Å². The van der Waals surface area contributed by atoms with E-state index in [1.54, 1.807) is 0 Å². The van der Waals surface area contributed by atoms with Crippen LogP contribution in [0.15, 0.2) is 16.9 Å². The second-order valence-electron chi connectivity index (χ2n) is 3.67. The summed E-state index contributed by atoms with van der Waals surface area (Å²) in [5, 5.41) is 4.32. The van der Waals surface area contributed by atoms with E-state index in [2.05, 4.69) is 10.00 Å². The lowest BCUT2D eigenvalue weighted by atomic mass is 10.4. The highest BCUT2D eigenvalue weighted by Crippen LogP contribution is 1.99. The zero-order valence-corrected chi connectivity index (χ0v) is 10.9. The monoisotopic (exact) mass is 279 g/mol. The Morgan fingerprint density at radius 3 is 2.71 bits per heavy atom. The summed E-state index contributed by atoms with van der Waals surface area (Å²) < 4.78 is 6.65. The van der Waals surface area contributed by atoms with E-state index in [1.807, 2.05) is 0 Å². The molecule has 96 valence electrons. The molecule has 1 aromatic heterocycles. The predicted molar refractivity (Wildman–Crippen MR) is 68.0 cm³/mol. The molecule has 0 N–H and O–H groups in total. The van der Waals surface area contributed by atoms with Gasteiger partial charge in [0.25, 0.3) is 5.56 Å². The van der Waals surface area contributed by atoms with Crippen molar-refractivity contribution in [3.05, 3.63) is 27.6 Å². The highest BCUT2D eigenvalue weighted by molar-refractivity contribution is 6.29. The number of aromatic nitrogens is 2. The zero-order chi connectivity index (χ0) is 11.4. The van der Waals surface area contributed by atoms with Gasteiger partial charge in [-0.1, -0.05) is 11.6 Å². The van der Waals surface area contributed by atoms with E-state index in [-0.39, 0.29) is 18.0 Å². The average Bonchev–Trinajstić information content (AvgIpc) is 2.32. The summed E-state index contributed by atoms with van der Waals surface area (Å²) in [5.41, 5.74) is -0.113. The number of hydrogen-bond donors (Lipinski definition) is 0. The van der Waals surface area contributed by atoms with E-state index >= 15 is 0 Å². The third-order valence-corrected chi connectivity index (χ3v) is 2.77. The molecule has 1 aromatic rings. The molecule has 0 saturated carbocycles. The molecule has 0 unspecified atom stereocenters. The molecule has 1 aliphatic heterocycles. The zero-order valence-electron chi connectivity index (χ0n) is 9.34. The fourth-order valence-electron chi connectivity index (χ4n) is 1.65. The van der Waals surface area contributed by atoms with E-state index in [0.717, 1.165) is 32.8 Å². The highest BCUT2D eigenvalue weighted by Gasteiger charge is 2.10. The lowest BCUT2D eigenvalue weighted by Crippen LogP contribution is -2.39. The Balaban J connectivity index is 0.00000144. The van der Waals surface area contributed by atoms with Gasteiger partial charge in [-0.15, -0.1) is 12.4 Å². The van der Waals surface area contributed by atoms with Crippen molar-refractivity contribution in [3.63, 3.8) is 0 Å². The molecular formula is C10H15Cl2N3O2. The van der Waals surface area contributed by atoms with Gasteiger partial charge in [-0.25, -0.2) is 4.68 Å². The maximum Gasteiger partial charge on any atom is 0.266 e. The fourth-order valence-corrected chi connectivity index (χ4v) is 1.80. The summed E-state index contributed by atoms with van der Waals surface area (Å²) in [4.78, 5) is 13.7. The molecule has 7 heteroatoms. The van der Waals surface area contributed by atoms with Crippen LogP contribution in [-0.4, -0.2) is 47.5 Å². The largest absolute Gasteiger partial charge is 0.379 e. The molecule has 0 aromatic carbocycles. The molecule has 0 spiro atoms. The van der Waals surface area contributed by atoms with E-state index < -0.39 is 0 Å². The van der Waals surface area contributed by atoms with Crippen LogP contribution >= 0.6 is 24.0 Å². The van der Waals surface area contributed by atoms with Crippen LogP contribution in [0.2, 0.25) is 5.15 Å². The van der Waals surface area contributed by atoms with Gasteiger partial charge < -0.3 is 4.74 Å². The van der Waals surface area contributed by atoms with Crippen LogP contribution in [0.5, 0.6) is 0 Å². The minimum atomic E-state index is -0.113. The Morgan fingerprint density at radius 1 is 1.29 bits per heavy atom. The van der Waals surface area contributed by atoms with Gasteiger partial charge in [0.2, 0.25) is 0 Å². The van der Waals surface area contributed by atoms with Crippen molar-refractivity contribution in [2.45, 2.75) is 6.54 Å². The molecule has 1 saturated heterocycles. The van der Waals surface area contributed by atoms with Crippen molar-refractivity contribution < 1.29 is 4.74 Å². The first kappa shape index (κ1) is 14.4. The Hall–Kier alpha value is -0.620. The van der Waals surface area contributed by atoms with Gasteiger partial charge in [0.15, 0.2) is 0 Å². The SMILES string of the molecule is Cl.O=c1ccc(Cl)nn1CCN1CCOCC1. The minimum absolute atomic E-state index is 0. The number of ether oxygens (including phenoxy) is 1. The van der Waals surface area contributed by atoms with Crippen molar-refractivity contribution in [3.8, 4) is 0 Å². The first-order chi connectivity index (χ1) is 7.75. The number of hydrogen-bond acceptors (Lipinski definition) is 4. The van der Waals surface area contributed by atoms with E-state index in [9.17, 15) is 4.79 Å². The summed E-state index contributed by atoms with van der Waals surface area (Å²) in [5.74, 6) is 0. The van der Waals surface area contributed by atoms with Crippen molar-refractivity contribution in [2.24, 2.45) is 0 Å². The van der Waals surface area contributed by atoms with Crippen molar-refractivity contribution in [1.82, 2.24) is 14.7 Å². The van der Waals surface area contributed by atoms with Crippen molar-refractivity contribution in [1.29, 1.82) is 0 Å². The molecule has 2 heterocycles. The Morgan fingerprint density at radius 2 is 2.00 bits per heavy atom. The summed E-state index contributed by atoms with van der Waals surface area (Å²) >= 11 is 5.73. The van der Waals surface area contributed by atoms with Crippen molar-refractivity contribution in [2.75, 3.05) is 32.8 Å². The van der Waals surface area contributed by atoms with Crippen LogP contribution in [0, 0.1) is 0 Å². The molecule has 5 nitrogen and oxygen atoms in total. The Labute approximate surface area is 111 Å². The maximum atomic E-state index is 11.4. The summed E-state index contributed by atoms with van der Waals surface area (Å²) in [6.45, 7) is 4.72. The van der Waals surface area contributed by atoms with E-state index in [0.29, 0.717) is 11.7 Å². The average molecular weight is 280 g/mol. The smallest absolute Gasteiger partial charge is 0.266 e. The molecule has 0 radical (unpaired) electrons. The molecule has 0 amide bonds. The third kappa shape index (κ3) is 4.27. The van der Waals surface area contributed by atoms with Gasteiger partial charge in [-0.05, 0) is 6.07 Å². The number of halogens is 2. The summed E-state index contributed by atoms with van der Waals surface area (Å²) in [6, 6.07) is 2.95. The fraction of sp³-hybridized carbons (Fsp3) is 0.600. The number of nitrogens with zero attached hydrogens (tertiary/aromatic N) is 3. The first-order valence-corrected chi connectivity index (χ1v) is 5.67. The second kappa shape index (κ2) is 6.96. The molecule has 17 heavy (non-hydrogen) atoms. The molecule has 0 aliphatic carbocycles. The second-order valence-corrected chi connectivity index (χ2v) is 4.06. The normalized spacial score (nSPS) is 16.5. The van der Waals surface area contributed by atoms with Crippen LogP contribution in [0.1, 0.15) is 0 Å². The molecule has 0 bridgehead atoms. The third-order valence-electron chi connectivity index (χ3n) is 2.57. The van der Waals surface area contributed by atoms with Gasteiger partial charge in [-0.2, -0.15) is 5.10 Å². The Kier molecular flexibility index (Phi) is 5.91. The maximum absolute atomic E-state index is 11.4. The lowest BCUT2D eigenvalue weighted by Gasteiger charge is -2.26. The first-order valence-electron chi connectivity index (χ1n) is 5.29. The van der Waals surface area contributed by atoms with Gasteiger partial charge in [0.05, 0.1) is 19.8 Å². The van der Waals surface area contributed by atoms with E-state index in [4.69, 9.17) is 16.3 Å². The van der Waals surface area contributed by atoms with Crippen LogP contribution < -0.4 is 5.56 Å². The van der Waals surface area contributed by atoms with Gasteiger partial charge in [0.1, 0.15) is 5.15 Å². The molecule has 0 atom stereocenters. The molecule has 1 fully saturated rings. The highest BCUT2D eigenvalue weighted by atomic mass is 35.5. The van der Waals surface area contributed by atoms with Crippen LogP contribution in [0.3, 0.4) is 0 Å². The number of morpholine rings is 1. The summed E-state index contributed by atoms with van der Waals surface area (Å²) in [6.07, 6.45) is 0.